The lowest BCUT2D eigenvalue weighted by molar-refractivity contribution is 0.0529. The fourth-order valence-corrected chi connectivity index (χ4v) is 2.04. The van der Waals surface area contributed by atoms with E-state index in [2.05, 4.69) is 35.8 Å². The maximum Gasteiger partial charge on any atom is 0.106 e. The largest absolute Gasteiger partial charge is 0.354 e. The van der Waals surface area contributed by atoms with Gasteiger partial charge in [-0.2, -0.15) is 0 Å². The monoisotopic (exact) mass is 209 g/mol. The third-order valence-corrected chi connectivity index (χ3v) is 3.19. The molecule has 2 rings (SSSR count). The molecule has 0 aromatic heterocycles. The van der Waals surface area contributed by atoms with Crippen molar-refractivity contribution in [2.75, 3.05) is 12.8 Å². The van der Waals surface area contributed by atoms with E-state index in [1.54, 1.807) is 11.8 Å². The summed E-state index contributed by atoms with van der Waals surface area (Å²) in [4.78, 5) is 1.30. The van der Waals surface area contributed by atoms with Gasteiger partial charge in [-0.15, -0.1) is 11.8 Å². The molecule has 0 amide bonds. The molecule has 1 fully saturated rings. The van der Waals surface area contributed by atoms with Crippen LogP contribution in [0.25, 0.3) is 0 Å². The lowest BCUT2D eigenvalue weighted by Gasteiger charge is -2.10. The van der Waals surface area contributed by atoms with Gasteiger partial charge in [0.1, 0.15) is 6.23 Å². The van der Waals surface area contributed by atoms with Crippen molar-refractivity contribution in [1.29, 1.82) is 0 Å². The summed E-state index contributed by atoms with van der Waals surface area (Å²) in [6.45, 7) is 2.95. The third-order valence-electron chi connectivity index (χ3n) is 2.45. The van der Waals surface area contributed by atoms with Crippen LogP contribution in [0, 0.1) is 0 Å². The number of nitrogens with one attached hydrogen (secondary N) is 1. The van der Waals surface area contributed by atoms with E-state index in [0.29, 0.717) is 0 Å². The smallest absolute Gasteiger partial charge is 0.106 e. The minimum atomic E-state index is 0.181. The molecule has 14 heavy (non-hydrogen) atoms. The van der Waals surface area contributed by atoms with Gasteiger partial charge >= 0.3 is 0 Å². The number of hydrogen-bond acceptors (Lipinski definition) is 3. The second-order valence-corrected chi connectivity index (χ2v) is 4.33. The van der Waals surface area contributed by atoms with Gasteiger partial charge in [0.05, 0.1) is 6.10 Å². The van der Waals surface area contributed by atoms with Crippen LogP contribution in [0.2, 0.25) is 0 Å². The minimum Gasteiger partial charge on any atom is -0.354 e. The molecule has 1 aliphatic rings. The Morgan fingerprint density at radius 3 is 2.57 bits per heavy atom. The summed E-state index contributed by atoms with van der Waals surface area (Å²) in [6.07, 6.45) is 2.49. The van der Waals surface area contributed by atoms with Crippen LogP contribution in [0.15, 0.2) is 29.2 Å². The van der Waals surface area contributed by atoms with Gasteiger partial charge in [0, 0.05) is 11.4 Å². The normalized spacial score (nSPS) is 26.7. The molecular formula is C11H15NOS. The third kappa shape index (κ3) is 2.11. The van der Waals surface area contributed by atoms with E-state index < -0.39 is 0 Å². The standard InChI is InChI=1S/C11H15NOS/c1-8-12-7-11(13-8)9-3-5-10(14-2)6-4-9/h3-6,8,11-12H,7H2,1-2H3. The van der Waals surface area contributed by atoms with E-state index in [1.165, 1.54) is 10.5 Å². The first kappa shape index (κ1) is 10.0. The minimum absolute atomic E-state index is 0.181. The molecule has 1 aromatic carbocycles. The molecule has 0 saturated carbocycles. The highest BCUT2D eigenvalue weighted by Crippen LogP contribution is 2.24. The van der Waals surface area contributed by atoms with Crippen molar-refractivity contribution in [2.24, 2.45) is 0 Å². The van der Waals surface area contributed by atoms with Crippen molar-refractivity contribution < 1.29 is 4.74 Å². The first-order valence-corrected chi connectivity index (χ1v) is 6.05. The maximum absolute atomic E-state index is 5.70. The van der Waals surface area contributed by atoms with Crippen molar-refractivity contribution in [3.63, 3.8) is 0 Å². The molecule has 2 atom stereocenters. The Morgan fingerprint density at radius 1 is 1.36 bits per heavy atom. The Kier molecular flexibility index (Phi) is 3.11. The molecule has 0 bridgehead atoms. The first-order chi connectivity index (χ1) is 6.79. The van der Waals surface area contributed by atoms with Gasteiger partial charge in [0.2, 0.25) is 0 Å². The summed E-state index contributed by atoms with van der Waals surface area (Å²) in [7, 11) is 0. The molecule has 2 nitrogen and oxygen atoms in total. The van der Waals surface area contributed by atoms with Crippen LogP contribution >= 0.6 is 11.8 Å². The summed E-state index contributed by atoms with van der Waals surface area (Å²) in [6, 6.07) is 8.59. The Hall–Kier alpha value is -0.510. The number of thioether (sulfide) groups is 1. The zero-order valence-electron chi connectivity index (χ0n) is 8.49. The van der Waals surface area contributed by atoms with Gasteiger partial charge in [-0.1, -0.05) is 12.1 Å². The number of ether oxygens (including phenoxy) is 1. The van der Waals surface area contributed by atoms with Crippen LogP contribution in [-0.2, 0) is 4.74 Å². The average molecular weight is 209 g/mol. The van der Waals surface area contributed by atoms with Crippen molar-refractivity contribution in [3.05, 3.63) is 29.8 Å². The molecule has 1 aromatic rings. The van der Waals surface area contributed by atoms with E-state index in [0.717, 1.165) is 6.54 Å². The predicted octanol–water partition coefficient (Wildman–Crippen LogP) is 2.42. The Balaban J connectivity index is 2.09. The second-order valence-electron chi connectivity index (χ2n) is 3.45. The molecule has 1 heterocycles. The van der Waals surface area contributed by atoms with Crippen molar-refractivity contribution in [2.45, 2.75) is 24.2 Å². The van der Waals surface area contributed by atoms with Gasteiger partial charge in [0.25, 0.3) is 0 Å². The van der Waals surface area contributed by atoms with Gasteiger partial charge in [-0.25, -0.2) is 0 Å². The summed E-state index contributed by atoms with van der Waals surface area (Å²) in [5, 5.41) is 3.27. The topological polar surface area (TPSA) is 21.3 Å². The molecule has 0 spiro atoms. The molecule has 0 aliphatic carbocycles. The summed E-state index contributed by atoms with van der Waals surface area (Å²) in [5.41, 5.74) is 1.26. The van der Waals surface area contributed by atoms with Gasteiger partial charge in [0.15, 0.2) is 0 Å². The summed E-state index contributed by atoms with van der Waals surface area (Å²) in [5.74, 6) is 0. The zero-order chi connectivity index (χ0) is 9.97. The molecule has 1 N–H and O–H groups in total. The SMILES string of the molecule is CSc1ccc(C2CNC(C)O2)cc1. The highest BCUT2D eigenvalue weighted by atomic mass is 32.2. The predicted molar refractivity (Wildman–Crippen MR) is 59.5 cm³/mol. The van der Waals surface area contributed by atoms with Crippen LogP contribution in [0.3, 0.4) is 0 Å². The number of hydrogen-bond donors (Lipinski definition) is 1. The van der Waals surface area contributed by atoms with E-state index in [4.69, 9.17) is 4.74 Å². The van der Waals surface area contributed by atoms with Crippen LogP contribution < -0.4 is 5.32 Å². The van der Waals surface area contributed by atoms with Crippen LogP contribution in [0.1, 0.15) is 18.6 Å². The van der Waals surface area contributed by atoms with Gasteiger partial charge in [-0.05, 0) is 30.9 Å². The summed E-state index contributed by atoms with van der Waals surface area (Å²) < 4.78 is 5.70. The molecule has 76 valence electrons. The van der Waals surface area contributed by atoms with Gasteiger partial charge in [-0.3, -0.25) is 5.32 Å². The van der Waals surface area contributed by atoms with Crippen molar-refractivity contribution >= 4 is 11.8 Å². The maximum atomic E-state index is 5.70. The van der Waals surface area contributed by atoms with Gasteiger partial charge < -0.3 is 4.74 Å². The van der Waals surface area contributed by atoms with Crippen LogP contribution in [0.5, 0.6) is 0 Å². The van der Waals surface area contributed by atoms with Crippen LogP contribution in [-0.4, -0.2) is 19.0 Å². The fraction of sp³-hybridized carbons (Fsp3) is 0.455. The van der Waals surface area contributed by atoms with E-state index in [9.17, 15) is 0 Å². The average Bonchev–Trinajstić information content (AvgIpc) is 2.65. The number of rotatable bonds is 2. The number of benzene rings is 1. The van der Waals surface area contributed by atoms with Crippen molar-refractivity contribution in [1.82, 2.24) is 5.32 Å². The quantitative estimate of drug-likeness (QED) is 0.756. The lowest BCUT2D eigenvalue weighted by atomic mass is 10.1. The highest BCUT2D eigenvalue weighted by Gasteiger charge is 2.22. The Morgan fingerprint density at radius 2 is 2.07 bits per heavy atom. The Labute approximate surface area is 89.0 Å². The van der Waals surface area contributed by atoms with Crippen molar-refractivity contribution in [3.8, 4) is 0 Å². The van der Waals surface area contributed by atoms with E-state index >= 15 is 0 Å². The molecule has 1 aliphatic heterocycles. The summed E-state index contributed by atoms with van der Waals surface area (Å²) >= 11 is 1.76. The zero-order valence-corrected chi connectivity index (χ0v) is 9.30. The van der Waals surface area contributed by atoms with Crippen LogP contribution in [0.4, 0.5) is 0 Å². The second kappa shape index (κ2) is 4.34. The molecule has 2 unspecified atom stereocenters. The Bertz CT molecular complexity index is 299. The molecular weight excluding hydrogens is 194 g/mol. The molecule has 3 heteroatoms. The molecule has 0 radical (unpaired) electrons. The molecule has 1 saturated heterocycles. The lowest BCUT2D eigenvalue weighted by Crippen LogP contribution is -2.17. The van der Waals surface area contributed by atoms with E-state index in [-0.39, 0.29) is 12.3 Å². The fourth-order valence-electron chi connectivity index (χ4n) is 1.63. The van der Waals surface area contributed by atoms with E-state index in [1.807, 2.05) is 6.92 Å². The highest BCUT2D eigenvalue weighted by molar-refractivity contribution is 7.98. The first-order valence-electron chi connectivity index (χ1n) is 4.82.